The first kappa shape index (κ1) is 84.2. The van der Waals surface area contributed by atoms with Gasteiger partial charge in [0.15, 0.2) is 0 Å². The van der Waals surface area contributed by atoms with Crippen molar-refractivity contribution in [1.82, 2.24) is 0 Å². The molecule has 0 rings (SSSR count). The molecular weight excluding hydrogens is 1050 g/mol. The molecule has 0 saturated carbocycles. The molecule has 472 valence electrons. The van der Waals surface area contributed by atoms with Crippen LogP contribution in [-0.4, -0.2) is 76.9 Å². The van der Waals surface area contributed by atoms with Crippen molar-refractivity contribution in [2.45, 2.75) is 413 Å². The Morgan fingerprint density at radius 1 is 0.228 bits per heavy atom. The Hall–Kier alpha value is 1.000. The largest absolute Gasteiger partial charge is 2.00 e. The first-order valence-electron chi connectivity index (χ1n) is 35.2. The molecule has 0 aliphatic heterocycles. The van der Waals surface area contributed by atoms with Gasteiger partial charge in [-0.15, -0.1) is 0 Å². The Bertz CT molecular complexity index is 1170. The fourth-order valence-corrected chi connectivity index (χ4v) is 12.2. The van der Waals surface area contributed by atoms with E-state index in [1.165, 1.54) is 334 Å². The van der Waals surface area contributed by atoms with Crippen LogP contribution in [0.15, 0.2) is 0 Å². The maximum Gasteiger partial charge on any atom is 2.00 e. The summed E-state index contributed by atoms with van der Waals surface area (Å²) in [4.78, 5) is 0. The van der Waals surface area contributed by atoms with Crippen LogP contribution in [0.25, 0.3) is 0 Å². The minimum Gasteiger partial charge on any atom is -0.726 e. The first-order valence-corrected chi connectivity index (χ1v) is 37.9. The summed E-state index contributed by atoms with van der Waals surface area (Å²) in [6, 6.07) is 0. The first-order chi connectivity index (χ1) is 38.0. The fourth-order valence-electron chi connectivity index (χ4n) is 11.5. The van der Waals surface area contributed by atoms with Gasteiger partial charge in [0.1, 0.15) is 0 Å². The molecule has 0 amide bonds. The third-order valence-corrected chi connectivity index (χ3v) is 17.6. The number of hydrogen-bond donors (Lipinski definition) is 0. The summed E-state index contributed by atoms with van der Waals surface area (Å²) in [7, 11) is -9.17. The van der Waals surface area contributed by atoms with Gasteiger partial charge in [0.2, 0.25) is 20.8 Å². The van der Waals surface area contributed by atoms with E-state index in [9.17, 15) is 25.9 Å². The van der Waals surface area contributed by atoms with Crippen molar-refractivity contribution in [3.63, 3.8) is 0 Å². The van der Waals surface area contributed by atoms with E-state index in [-0.39, 0.29) is 62.8 Å². The average molecular weight is 1190 g/mol. The van der Waals surface area contributed by atoms with E-state index < -0.39 is 20.8 Å². The van der Waals surface area contributed by atoms with Crippen LogP contribution in [-0.2, 0) is 29.2 Å². The molecule has 0 fully saturated rings. The molecule has 0 saturated heterocycles. The summed E-state index contributed by atoms with van der Waals surface area (Å²) in [6.45, 7) is 9.24. The van der Waals surface area contributed by atoms with Crippen LogP contribution >= 0.6 is 0 Å². The molecule has 0 aromatic carbocycles. The van der Waals surface area contributed by atoms with E-state index in [1.807, 2.05) is 0 Å². The maximum absolute atomic E-state index is 11.0. The van der Waals surface area contributed by atoms with E-state index >= 15 is 0 Å². The normalized spacial score (nSPS) is 11.9. The van der Waals surface area contributed by atoms with Crippen molar-refractivity contribution in [3.05, 3.63) is 0 Å². The topological polar surface area (TPSA) is 133 Å². The zero-order chi connectivity index (χ0) is 57.4. The molecule has 0 aliphatic carbocycles. The second-order valence-electron chi connectivity index (χ2n) is 24.7. The predicted octanol–water partition coefficient (Wildman–Crippen LogP) is 23.3. The van der Waals surface area contributed by atoms with Crippen LogP contribution in [0.2, 0.25) is 0 Å². The van der Waals surface area contributed by atoms with Crippen LogP contribution in [0, 0.1) is 11.8 Å². The molecule has 79 heavy (non-hydrogen) atoms. The molecule has 0 aromatic rings. The van der Waals surface area contributed by atoms with Crippen molar-refractivity contribution < 1.29 is 34.3 Å². The Balaban J connectivity index is -0.00000144. The monoisotopic (exact) mass is 1190 g/mol. The van der Waals surface area contributed by atoms with Gasteiger partial charge in [-0.25, -0.2) is 16.8 Å². The van der Waals surface area contributed by atoms with Gasteiger partial charge >= 0.3 is 37.7 Å². The molecule has 0 aromatic heterocycles. The zero-order valence-corrected chi connectivity index (χ0v) is 57.6. The van der Waals surface area contributed by atoms with Gasteiger partial charge in [0.05, 0.1) is 13.2 Å². The number of hydrogen-bond acceptors (Lipinski definition) is 8. The van der Waals surface area contributed by atoms with Gasteiger partial charge in [-0.3, -0.25) is 8.37 Å². The summed E-state index contributed by atoms with van der Waals surface area (Å²) in [5.74, 6) is 0.395. The van der Waals surface area contributed by atoms with Gasteiger partial charge in [0.25, 0.3) is 0 Å². The quantitative estimate of drug-likeness (QED) is 0.0254. The van der Waals surface area contributed by atoms with Gasteiger partial charge < -0.3 is 9.11 Å². The summed E-state index contributed by atoms with van der Waals surface area (Å²) in [5, 5.41) is 0. The molecule has 8 nitrogen and oxygen atoms in total. The standard InChI is InChI=1S/2C34H70O4S.Ca/c2*1-3-5-7-9-11-13-15-17-19-21-23-25-27-29-31-34(33-38-39(35,36)37)32-30-28-26-24-22-20-18-16-14-12-10-8-6-4-2;/h2*34H,3-33H2,1-2H3,(H,35,36,37);/q;;+2/p-2. The average Bonchev–Trinajstić information content (AvgIpc) is 3.41. The third kappa shape index (κ3) is 79.0. The minimum absolute atomic E-state index is 0. The molecular formula is C68H138CaO8S2. The van der Waals surface area contributed by atoms with Crippen molar-refractivity contribution >= 4 is 58.5 Å². The molecule has 0 aliphatic rings. The molecule has 0 spiro atoms. The molecule has 0 radical (unpaired) electrons. The van der Waals surface area contributed by atoms with Gasteiger partial charge in [0, 0.05) is 0 Å². The molecule has 11 heteroatoms. The van der Waals surface area contributed by atoms with Gasteiger partial charge in [-0.05, 0) is 37.5 Å². The second-order valence-corrected chi connectivity index (χ2v) is 26.8. The molecule has 0 bridgehead atoms. The summed E-state index contributed by atoms with van der Waals surface area (Å²) >= 11 is 0. The molecule has 0 atom stereocenters. The summed E-state index contributed by atoms with van der Waals surface area (Å²) < 4.78 is 75.1. The van der Waals surface area contributed by atoms with E-state index in [0.29, 0.717) is 0 Å². The van der Waals surface area contributed by atoms with Crippen LogP contribution in [0.3, 0.4) is 0 Å². The van der Waals surface area contributed by atoms with Crippen LogP contribution in [0.5, 0.6) is 0 Å². The van der Waals surface area contributed by atoms with E-state index in [0.717, 1.165) is 51.4 Å². The molecule has 0 heterocycles. The van der Waals surface area contributed by atoms with Gasteiger partial charge in [-0.1, -0.05) is 387 Å². The van der Waals surface area contributed by atoms with Crippen molar-refractivity contribution in [3.8, 4) is 0 Å². The Morgan fingerprint density at radius 3 is 0.456 bits per heavy atom. The summed E-state index contributed by atoms with van der Waals surface area (Å²) in [5.41, 5.74) is 0. The van der Waals surface area contributed by atoms with E-state index in [4.69, 9.17) is 0 Å². The Labute approximate surface area is 526 Å². The number of unbranched alkanes of at least 4 members (excludes halogenated alkanes) is 52. The predicted molar refractivity (Wildman–Crippen MR) is 344 cm³/mol. The summed E-state index contributed by atoms with van der Waals surface area (Å²) in [6.07, 6.45) is 79.0. The fraction of sp³-hybridized carbons (Fsp3) is 1.00. The minimum atomic E-state index is -4.59. The molecule has 0 N–H and O–H groups in total. The Morgan fingerprint density at radius 2 is 0.342 bits per heavy atom. The maximum atomic E-state index is 11.0. The van der Waals surface area contributed by atoms with E-state index in [2.05, 4.69) is 36.1 Å². The SMILES string of the molecule is CCCCCCCCCCCCCCCCC(CCCCCCCCCCCCCCCC)COS(=O)(=O)[O-].CCCCCCCCCCCCCCCCC(CCCCCCCCCCCCCCCC)COS(=O)(=O)[O-].[Ca+2]. The zero-order valence-electron chi connectivity index (χ0n) is 53.8. The van der Waals surface area contributed by atoms with Crippen molar-refractivity contribution in [2.75, 3.05) is 13.2 Å². The van der Waals surface area contributed by atoms with Crippen molar-refractivity contribution in [1.29, 1.82) is 0 Å². The van der Waals surface area contributed by atoms with Gasteiger partial charge in [-0.2, -0.15) is 0 Å². The van der Waals surface area contributed by atoms with Crippen LogP contribution in [0.4, 0.5) is 0 Å². The van der Waals surface area contributed by atoms with Crippen molar-refractivity contribution in [2.24, 2.45) is 11.8 Å². The Kier molecular flexibility index (Phi) is 74.4. The van der Waals surface area contributed by atoms with Crippen LogP contribution < -0.4 is 0 Å². The number of rotatable bonds is 66. The van der Waals surface area contributed by atoms with E-state index in [1.54, 1.807) is 0 Å². The van der Waals surface area contributed by atoms with Crippen LogP contribution in [0.1, 0.15) is 413 Å². The third-order valence-electron chi connectivity index (χ3n) is 16.8. The smallest absolute Gasteiger partial charge is 0.726 e. The second kappa shape index (κ2) is 69.8. The molecule has 0 unspecified atom stereocenters.